The Morgan fingerprint density at radius 1 is 1.47 bits per heavy atom. The first-order chi connectivity index (χ1) is 8.13. The van der Waals surface area contributed by atoms with Crippen LogP contribution in [0, 0.1) is 5.92 Å². The molecule has 1 fully saturated rings. The molecule has 6 heteroatoms. The molecule has 3 N–H and O–H groups in total. The van der Waals surface area contributed by atoms with Gasteiger partial charge in [0.15, 0.2) is 0 Å². The van der Waals surface area contributed by atoms with Gasteiger partial charge < -0.3 is 15.7 Å². The van der Waals surface area contributed by atoms with E-state index in [-0.39, 0.29) is 6.03 Å². The Hall–Kier alpha value is -0.910. The Kier molecular flexibility index (Phi) is 6.18. The molecule has 0 spiro atoms. The van der Waals surface area contributed by atoms with Gasteiger partial charge in [0.25, 0.3) is 0 Å². The van der Waals surface area contributed by atoms with Crippen molar-refractivity contribution >= 4 is 23.8 Å². The first kappa shape index (κ1) is 14.2. The van der Waals surface area contributed by atoms with E-state index in [9.17, 15) is 9.59 Å². The molecular weight excluding hydrogens is 240 g/mol. The third kappa shape index (κ3) is 5.30. The molecule has 0 saturated heterocycles. The topological polar surface area (TPSA) is 78.4 Å². The molecule has 0 aliphatic heterocycles. The molecule has 0 radical (unpaired) electrons. The van der Waals surface area contributed by atoms with E-state index < -0.39 is 12.0 Å². The first-order valence-corrected chi connectivity index (χ1v) is 7.29. The van der Waals surface area contributed by atoms with Gasteiger partial charge in [-0.2, -0.15) is 11.8 Å². The molecule has 2 amide bonds. The lowest BCUT2D eigenvalue weighted by Crippen LogP contribution is -2.47. The molecule has 5 nitrogen and oxygen atoms in total. The highest BCUT2D eigenvalue weighted by Gasteiger charge is 2.21. The van der Waals surface area contributed by atoms with Crippen LogP contribution < -0.4 is 10.6 Å². The number of carboxylic acids is 1. The van der Waals surface area contributed by atoms with E-state index in [4.69, 9.17) is 5.11 Å². The molecule has 0 aromatic rings. The van der Waals surface area contributed by atoms with Crippen LogP contribution in [0.4, 0.5) is 4.79 Å². The summed E-state index contributed by atoms with van der Waals surface area (Å²) >= 11 is 1.57. The molecule has 0 heterocycles. The second-order valence-corrected chi connectivity index (χ2v) is 5.31. The summed E-state index contributed by atoms with van der Waals surface area (Å²) in [6, 6.07) is -1.16. The number of carbonyl (C=O) groups excluding carboxylic acids is 1. The lowest BCUT2D eigenvalue weighted by molar-refractivity contribution is -0.139. The predicted octanol–water partition coefficient (Wildman–Crippen LogP) is 1.29. The lowest BCUT2D eigenvalue weighted by Gasteiger charge is -2.25. The van der Waals surface area contributed by atoms with Crippen LogP contribution >= 0.6 is 11.8 Å². The summed E-state index contributed by atoms with van der Waals surface area (Å²) in [5, 5.41) is 14.1. The van der Waals surface area contributed by atoms with Gasteiger partial charge in [0.05, 0.1) is 0 Å². The third-order valence-electron chi connectivity index (χ3n) is 2.99. The average Bonchev–Trinajstić information content (AvgIpc) is 2.21. The van der Waals surface area contributed by atoms with Gasteiger partial charge in [-0.3, -0.25) is 0 Å². The van der Waals surface area contributed by atoms with Crippen molar-refractivity contribution in [3.63, 3.8) is 0 Å². The van der Waals surface area contributed by atoms with Crippen molar-refractivity contribution in [1.29, 1.82) is 0 Å². The number of rotatable bonds is 7. The maximum atomic E-state index is 11.5. The highest BCUT2D eigenvalue weighted by atomic mass is 32.2. The summed E-state index contributed by atoms with van der Waals surface area (Å²) in [7, 11) is 0. The van der Waals surface area contributed by atoms with E-state index in [1.807, 2.05) is 6.26 Å². The number of hydrogen-bond acceptors (Lipinski definition) is 3. The lowest BCUT2D eigenvalue weighted by atomic mass is 9.85. The maximum Gasteiger partial charge on any atom is 0.326 e. The zero-order chi connectivity index (χ0) is 12.7. The molecule has 0 bridgehead atoms. The number of amides is 2. The number of aliphatic carboxylic acids is 1. The Morgan fingerprint density at radius 3 is 2.65 bits per heavy atom. The molecular formula is C11H20N2O3S. The van der Waals surface area contributed by atoms with Gasteiger partial charge in [-0.05, 0) is 37.2 Å². The van der Waals surface area contributed by atoms with Crippen LogP contribution in [0.3, 0.4) is 0 Å². The molecule has 1 aliphatic carbocycles. The molecule has 0 unspecified atom stereocenters. The smallest absolute Gasteiger partial charge is 0.326 e. The summed E-state index contributed by atoms with van der Waals surface area (Å²) in [6.45, 7) is 0.653. The van der Waals surface area contributed by atoms with E-state index in [1.165, 1.54) is 6.42 Å². The van der Waals surface area contributed by atoms with E-state index in [2.05, 4.69) is 10.6 Å². The fourth-order valence-corrected chi connectivity index (χ4v) is 2.11. The van der Waals surface area contributed by atoms with Crippen molar-refractivity contribution < 1.29 is 14.7 Å². The van der Waals surface area contributed by atoms with Crippen LogP contribution in [0.1, 0.15) is 25.7 Å². The number of carbonyl (C=O) groups is 2. The van der Waals surface area contributed by atoms with Crippen LogP contribution in [0.25, 0.3) is 0 Å². The van der Waals surface area contributed by atoms with Gasteiger partial charge in [-0.15, -0.1) is 0 Å². The van der Waals surface area contributed by atoms with Gasteiger partial charge in [-0.1, -0.05) is 6.42 Å². The van der Waals surface area contributed by atoms with E-state index in [0.717, 1.165) is 18.6 Å². The molecule has 1 aliphatic rings. The Balaban J connectivity index is 2.22. The molecule has 17 heavy (non-hydrogen) atoms. The van der Waals surface area contributed by atoms with Crippen molar-refractivity contribution in [2.45, 2.75) is 31.7 Å². The van der Waals surface area contributed by atoms with Gasteiger partial charge in [0.2, 0.25) is 0 Å². The van der Waals surface area contributed by atoms with Gasteiger partial charge in [-0.25, -0.2) is 9.59 Å². The number of nitrogens with one attached hydrogen (secondary N) is 2. The fourth-order valence-electron chi connectivity index (χ4n) is 1.64. The summed E-state index contributed by atoms with van der Waals surface area (Å²) in [5.74, 6) is 0.327. The van der Waals surface area contributed by atoms with Crippen LogP contribution in [-0.4, -0.2) is 41.7 Å². The van der Waals surface area contributed by atoms with Crippen LogP contribution in [-0.2, 0) is 4.79 Å². The molecule has 1 rings (SSSR count). The van der Waals surface area contributed by atoms with Gasteiger partial charge in [0.1, 0.15) is 6.04 Å². The molecule has 98 valence electrons. The van der Waals surface area contributed by atoms with Gasteiger partial charge >= 0.3 is 12.0 Å². The van der Waals surface area contributed by atoms with Crippen LogP contribution in [0.2, 0.25) is 0 Å². The van der Waals surface area contributed by atoms with Crippen molar-refractivity contribution in [2.75, 3.05) is 18.6 Å². The van der Waals surface area contributed by atoms with Gasteiger partial charge in [0, 0.05) is 6.54 Å². The quantitative estimate of drug-likeness (QED) is 0.644. The minimum absolute atomic E-state index is 0.370. The standard InChI is InChI=1S/C11H20N2O3S/c1-17-6-5-9(10(14)15)13-11(16)12-7-8-3-2-4-8/h8-9H,2-7H2,1H3,(H,14,15)(H2,12,13,16)/t9-/m1/s1. The molecule has 0 aromatic heterocycles. The Morgan fingerprint density at radius 2 is 2.18 bits per heavy atom. The van der Waals surface area contributed by atoms with Crippen molar-refractivity contribution in [3.8, 4) is 0 Å². The van der Waals surface area contributed by atoms with E-state index in [1.54, 1.807) is 11.8 Å². The summed E-state index contributed by atoms with van der Waals surface area (Å²) in [6.07, 6.45) is 5.92. The monoisotopic (exact) mass is 260 g/mol. The minimum atomic E-state index is -0.974. The zero-order valence-corrected chi connectivity index (χ0v) is 10.9. The predicted molar refractivity (Wildman–Crippen MR) is 68.3 cm³/mol. The number of carboxylic acid groups (broad SMARTS) is 1. The van der Waals surface area contributed by atoms with Crippen LogP contribution in [0.5, 0.6) is 0 Å². The highest BCUT2D eigenvalue weighted by molar-refractivity contribution is 7.98. The second-order valence-electron chi connectivity index (χ2n) is 4.32. The fraction of sp³-hybridized carbons (Fsp3) is 0.818. The number of urea groups is 1. The maximum absolute atomic E-state index is 11.5. The minimum Gasteiger partial charge on any atom is -0.480 e. The number of hydrogen-bond donors (Lipinski definition) is 3. The molecule has 0 aromatic carbocycles. The largest absolute Gasteiger partial charge is 0.480 e. The first-order valence-electron chi connectivity index (χ1n) is 5.89. The van der Waals surface area contributed by atoms with E-state index in [0.29, 0.717) is 18.9 Å². The van der Waals surface area contributed by atoms with E-state index >= 15 is 0 Å². The summed E-state index contributed by atoms with van der Waals surface area (Å²) in [5.41, 5.74) is 0. The SMILES string of the molecule is CSCC[C@@H](NC(=O)NCC1CCC1)C(=O)O. The third-order valence-corrected chi connectivity index (χ3v) is 3.63. The zero-order valence-electron chi connectivity index (χ0n) is 10.1. The second kappa shape index (κ2) is 7.42. The highest BCUT2D eigenvalue weighted by Crippen LogP contribution is 2.24. The van der Waals surface area contributed by atoms with Crippen molar-refractivity contribution in [3.05, 3.63) is 0 Å². The normalized spacial score (nSPS) is 17.0. The Bertz CT molecular complexity index is 269. The van der Waals surface area contributed by atoms with Crippen molar-refractivity contribution in [2.24, 2.45) is 5.92 Å². The van der Waals surface area contributed by atoms with Crippen LogP contribution in [0.15, 0.2) is 0 Å². The molecule has 1 saturated carbocycles. The van der Waals surface area contributed by atoms with Crippen molar-refractivity contribution in [1.82, 2.24) is 10.6 Å². The number of thioether (sulfide) groups is 1. The summed E-state index contributed by atoms with van der Waals surface area (Å²) in [4.78, 5) is 22.4. The summed E-state index contributed by atoms with van der Waals surface area (Å²) < 4.78 is 0. The average molecular weight is 260 g/mol. The Labute approximate surface area is 106 Å². The molecule has 1 atom stereocenters.